The first kappa shape index (κ1) is 17.9. The fraction of sp³-hybridized carbons (Fsp3) is 0.789. The van der Waals surface area contributed by atoms with Crippen LogP contribution in [0, 0.1) is 0 Å². The van der Waals surface area contributed by atoms with Crippen LogP contribution in [0.5, 0.6) is 0 Å². The number of aliphatic hydroxyl groups is 1. The summed E-state index contributed by atoms with van der Waals surface area (Å²) in [6.07, 6.45) is 6.17. The van der Waals surface area contributed by atoms with Gasteiger partial charge in [-0.1, -0.05) is 0 Å². The molecular formula is C19H31N5O2. The first-order chi connectivity index (χ1) is 12.8. The van der Waals surface area contributed by atoms with E-state index in [-0.39, 0.29) is 6.61 Å². The average molecular weight is 361 g/mol. The van der Waals surface area contributed by atoms with Gasteiger partial charge in [-0.05, 0) is 45.2 Å². The quantitative estimate of drug-likeness (QED) is 0.794. The van der Waals surface area contributed by atoms with Crippen LogP contribution in [0.1, 0.15) is 43.7 Å². The summed E-state index contributed by atoms with van der Waals surface area (Å²) >= 11 is 0. The van der Waals surface area contributed by atoms with Crippen molar-refractivity contribution in [2.24, 2.45) is 0 Å². The van der Waals surface area contributed by atoms with Gasteiger partial charge in [0.2, 0.25) is 5.95 Å². The molecule has 1 unspecified atom stereocenters. The summed E-state index contributed by atoms with van der Waals surface area (Å²) in [6, 6.07) is 2.89. The van der Waals surface area contributed by atoms with Gasteiger partial charge in [0.15, 0.2) is 0 Å². The third-order valence-corrected chi connectivity index (χ3v) is 5.92. The Kier molecular flexibility index (Phi) is 5.87. The van der Waals surface area contributed by atoms with Gasteiger partial charge >= 0.3 is 0 Å². The molecule has 7 heteroatoms. The number of hydrogen-bond acceptors (Lipinski definition) is 7. The van der Waals surface area contributed by atoms with E-state index >= 15 is 0 Å². The minimum Gasteiger partial charge on any atom is -0.395 e. The van der Waals surface area contributed by atoms with Gasteiger partial charge in [0.05, 0.1) is 18.9 Å². The highest BCUT2D eigenvalue weighted by molar-refractivity contribution is 5.46. The molecule has 3 fully saturated rings. The maximum atomic E-state index is 9.11. The molecule has 144 valence electrons. The van der Waals surface area contributed by atoms with Crippen LogP contribution in [0.2, 0.25) is 0 Å². The molecule has 3 aliphatic heterocycles. The molecule has 0 spiro atoms. The molecule has 4 heterocycles. The summed E-state index contributed by atoms with van der Waals surface area (Å²) in [7, 11) is 0. The fourth-order valence-corrected chi connectivity index (χ4v) is 4.41. The van der Waals surface area contributed by atoms with Crippen molar-refractivity contribution in [1.29, 1.82) is 0 Å². The number of hydrogen-bond donors (Lipinski definition) is 2. The van der Waals surface area contributed by atoms with Crippen molar-refractivity contribution in [3.05, 3.63) is 11.8 Å². The lowest BCUT2D eigenvalue weighted by Gasteiger charge is -2.37. The number of aromatic nitrogens is 2. The summed E-state index contributed by atoms with van der Waals surface area (Å²) in [5, 5.41) is 12.2. The molecular weight excluding hydrogens is 330 g/mol. The lowest BCUT2D eigenvalue weighted by atomic mass is 10.0. The van der Waals surface area contributed by atoms with Crippen LogP contribution in [-0.2, 0) is 4.74 Å². The van der Waals surface area contributed by atoms with Crippen LogP contribution < -0.4 is 10.2 Å². The van der Waals surface area contributed by atoms with Crippen LogP contribution in [0.15, 0.2) is 6.07 Å². The molecule has 1 aromatic rings. The molecule has 0 amide bonds. The second-order valence-electron chi connectivity index (χ2n) is 7.65. The standard InChI is InChI=1S/C19H31N5O2/c25-11-6-20-19-21-17(15-5-12-26-14-15)13-18(22-19)24-9-3-16(4-10-24)23-7-1-2-8-23/h13,15-16,25H,1-12,14H2,(H,20,21,22). The van der Waals surface area contributed by atoms with Crippen molar-refractivity contribution in [3.63, 3.8) is 0 Å². The van der Waals surface area contributed by atoms with Gasteiger partial charge in [0, 0.05) is 44.3 Å². The number of rotatable bonds is 6. The number of nitrogens with zero attached hydrogens (tertiary/aromatic N) is 4. The number of ether oxygens (including phenoxy) is 1. The van der Waals surface area contributed by atoms with Gasteiger partial charge in [-0.2, -0.15) is 4.98 Å². The van der Waals surface area contributed by atoms with E-state index in [4.69, 9.17) is 14.8 Å². The maximum Gasteiger partial charge on any atom is 0.224 e. The molecule has 0 radical (unpaired) electrons. The number of piperidine rings is 1. The SMILES string of the molecule is OCCNc1nc(C2CCOC2)cc(N2CCC(N3CCCC3)CC2)n1. The first-order valence-electron chi connectivity index (χ1n) is 10.1. The van der Waals surface area contributed by atoms with Gasteiger partial charge in [0.25, 0.3) is 0 Å². The molecule has 2 N–H and O–H groups in total. The third kappa shape index (κ3) is 4.10. The molecule has 1 aromatic heterocycles. The Morgan fingerprint density at radius 1 is 1.12 bits per heavy atom. The van der Waals surface area contributed by atoms with Crippen molar-refractivity contribution in [2.45, 2.75) is 44.1 Å². The van der Waals surface area contributed by atoms with Crippen molar-refractivity contribution >= 4 is 11.8 Å². The molecule has 4 rings (SSSR count). The third-order valence-electron chi connectivity index (χ3n) is 5.92. The first-order valence-corrected chi connectivity index (χ1v) is 10.1. The predicted molar refractivity (Wildman–Crippen MR) is 102 cm³/mol. The molecule has 0 aromatic carbocycles. The summed E-state index contributed by atoms with van der Waals surface area (Å²) in [5.74, 6) is 2.00. The Morgan fingerprint density at radius 2 is 1.92 bits per heavy atom. The summed E-state index contributed by atoms with van der Waals surface area (Å²) in [4.78, 5) is 14.5. The highest BCUT2D eigenvalue weighted by atomic mass is 16.5. The van der Waals surface area contributed by atoms with Gasteiger partial charge in [-0.15, -0.1) is 0 Å². The minimum absolute atomic E-state index is 0.0800. The zero-order chi connectivity index (χ0) is 17.8. The molecule has 0 aliphatic carbocycles. The van der Waals surface area contributed by atoms with Crippen molar-refractivity contribution in [3.8, 4) is 0 Å². The monoisotopic (exact) mass is 361 g/mol. The van der Waals surface area contributed by atoms with Crippen LogP contribution in [0.25, 0.3) is 0 Å². The molecule has 0 saturated carbocycles. The van der Waals surface area contributed by atoms with Gasteiger partial charge in [0.1, 0.15) is 5.82 Å². The lowest BCUT2D eigenvalue weighted by Crippen LogP contribution is -2.44. The lowest BCUT2D eigenvalue weighted by molar-refractivity contribution is 0.193. The Morgan fingerprint density at radius 3 is 2.62 bits per heavy atom. The van der Waals surface area contributed by atoms with Crippen LogP contribution in [0.4, 0.5) is 11.8 Å². The van der Waals surface area contributed by atoms with Gasteiger partial charge < -0.3 is 25.0 Å². The number of likely N-dealkylation sites (tertiary alicyclic amines) is 1. The Bertz CT molecular complexity index is 579. The van der Waals surface area contributed by atoms with E-state index in [0.29, 0.717) is 18.4 Å². The van der Waals surface area contributed by atoms with E-state index < -0.39 is 0 Å². The van der Waals surface area contributed by atoms with Gasteiger partial charge in [-0.3, -0.25) is 0 Å². The maximum absolute atomic E-state index is 9.11. The van der Waals surface area contributed by atoms with E-state index in [9.17, 15) is 0 Å². The summed E-state index contributed by atoms with van der Waals surface area (Å²) < 4.78 is 5.55. The Hall–Kier alpha value is -1.44. The van der Waals surface area contributed by atoms with Crippen LogP contribution in [0.3, 0.4) is 0 Å². The molecule has 0 bridgehead atoms. The molecule has 7 nitrogen and oxygen atoms in total. The number of aliphatic hydroxyl groups excluding tert-OH is 1. The number of anilines is 2. The molecule has 1 atom stereocenters. The average Bonchev–Trinajstić information content (AvgIpc) is 3.40. The van der Waals surface area contributed by atoms with E-state index in [1.807, 2.05) is 0 Å². The topological polar surface area (TPSA) is 73.8 Å². The Balaban J connectivity index is 1.46. The normalized spacial score (nSPS) is 25.1. The second-order valence-corrected chi connectivity index (χ2v) is 7.65. The van der Waals surface area contributed by atoms with E-state index in [1.54, 1.807) is 0 Å². The van der Waals surface area contributed by atoms with Crippen molar-refractivity contribution < 1.29 is 9.84 Å². The minimum atomic E-state index is 0.0800. The largest absolute Gasteiger partial charge is 0.395 e. The predicted octanol–water partition coefficient (Wildman–Crippen LogP) is 1.45. The second kappa shape index (κ2) is 8.50. The van der Waals surface area contributed by atoms with E-state index in [0.717, 1.165) is 50.3 Å². The Labute approximate surface area is 155 Å². The number of nitrogens with one attached hydrogen (secondary N) is 1. The van der Waals surface area contributed by atoms with Crippen molar-refractivity contribution in [2.75, 3.05) is 62.8 Å². The van der Waals surface area contributed by atoms with Crippen LogP contribution in [-0.4, -0.2) is 78.6 Å². The zero-order valence-corrected chi connectivity index (χ0v) is 15.6. The highest BCUT2D eigenvalue weighted by Gasteiger charge is 2.28. The summed E-state index contributed by atoms with van der Waals surface area (Å²) in [6.45, 7) is 6.77. The van der Waals surface area contributed by atoms with E-state index in [1.165, 1.54) is 38.8 Å². The molecule has 3 saturated heterocycles. The van der Waals surface area contributed by atoms with Gasteiger partial charge in [-0.25, -0.2) is 4.98 Å². The molecule has 3 aliphatic rings. The van der Waals surface area contributed by atoms with E-state index in [2.05, 4.69) is 26.2 Å². The zero-order valence-electron chi connectivity index (χ0n) is 15.6. The summed E-state index contributed by atoms with van der Waals surface area (Å²) in [5.41, 5.74) is 1.06. The molecule has 26 heavy (non-hydrogen) atoms. The van der Waals surface area contributed by atoms with Crippen molar-refractivity contribution in [1.82, 2.24) is 14.9 Å². The fourth-order valence-electron chi connectivity index (χ4n) is 4.41. The smallest absolute Gasteiger partial charge is 0.224 e. The van der Waals surface area contributed by atoms with Crippen LogP contribution >= 0.6 is 0 Å². The highest BCUT2D eigenvalue weighted by Crippen LogP contribution is 2.29.